The zero-order valence-corrected chi connectivity index (χ0v) is 11.8. The summed E-state index contributed by atoms with van der Waals surface area (Å²) in [4.78, 5) is 12.0. The lowest BCUT2D eigenvalue weighted by atomic mass is 10.0. The molecule has 0 unspecified atom stereocenters. The predicted octanol–water partition coefficient (Wildman–Crippen LogP) is 3.19. The molecule has 0 aliphatic heterocycles. The number of carbonyl (C=O) groups is 1. The summed E-state index contributed by atoms with van der Waals surface area (Å²) in [7, 11) is 1.60. The molecule has 3 nitrogen and oxygen atoms in total. The fraction of sp³-hybridized carbons (Fsp3) is 0.312. The predicted molar refractivity (Wildman–Crippen MR) is 78.4 cm³/mol. The molecule has 19 heavy (non-hydrogen) atoms. The molecule has 0 saturated heterocycles. The van der Waals surface area contributed by atoms with Crippen LogP contribution in [0.3, 0.4) is 0 Å². The molecule has 102 valence electrons. The lowest BCUT2D eigenvalue weighted by Gasteiger charge is -2.12. The Morgan fingerprint density at radius 3 is 2.47 bits per heavy atom. The molecule has 0 radical (unpaired) electrons. The maximum absolute atomic E-state index is 12.0. The van der Waals surface area contributed by atoms with E-state index in [4.69, 9.17) is 4.74 Å². The Morgan fingerprint density at radius 1 is 1.37 bits per heavy atom. The van der Waals surface area contributed by atoms with E-state index in [1.54, 1.807) is 37.5 Å². The van der Waals surface area contributed by atoms with Crippen LogP contribution in [0.1, 0.15) is 24.2 Å². The van der Waals surface area contributed by atoms with Crippen LogP contribution in [0.2, 0.25) is 0 Å². The molecule has 0 atom stereocenters. The maximum atomic E-state index is 12.0. The van der Waals surface area contributed by atoms with Crippen LogP contribution in [0.15, 0.2) is 48.6 Å². The van der Waals surface area contributed by atoms with Gasteiger partial charge in [-0.05, 0) is 35.8 Å². The zero-order valence-electron chi connectivity index (χ0n) is 11.8. The number of carbonyl (C=O) groups excluding carboxylic acids is 1. The highest BCUT2D eigenvalue weighted by Crippen LogP contribution is 2.12. The summed E-state index contributed by atoms with van der Waals surface area (Å²) in [5, 5.41) is 2.91. The molecule has 1 amide bonds. The smallest absolute Gasteiger partial charge is 0.251 e. The average molecular weight is 259 g/mol. The molecule has 1 aromatic carbocycles. The van der Waals surface area contributed by atoms with Gasteiger partial charge in [-0.15, -0.1) is 0 Å². The first-order valence-electron chi connectivity index (χ1n) is 6.32. The number of ether oxygens (including phenoxy) is 1. The molecule has 3 heteroatoms. The van der Waals surface area contributed by atoms with Crippen molar-refractivity contribution in [1.82, 2.24) is 5.32 Å². The van der Waals surface area contributed by atoms with Crippen LogP contribution in [-0.2, 0) is 0 Å². The van der Waals surface area contributed by atoms with E-state index in [2.05, 4.69) is 25.7 Å². The van der Waals surface area contributed by atoms with Gasteiger partial charge in [0.25, 0.3) is 5.91 Å². The number of rotatable bonds is 6. The second kappa shape index (κ2) is 7.41. The summed E-state index contributed by atoms with van der Waals surface area (Å²) >= 11 is 0. The standard InChI is InChI=1S/C16H21NO2/c1-5-6-14(12(2)3)11-17-16(18)13-7-9-15(19-4)10-8-13/h5-10,12H,1,11H2,2-4H3,(H,17,18)/b14-6-. The normalized spacial score (nSPS) is 11.3. The highest BCUT2D eigenvalue weighted by molar-refractivity contribution is 5.94. The minimum atomic E-state index is -0.0849. The van der Waals surface area contributed by atoms with Gasteiger partial charge in [0.05, 0.1) is 7.11 Å². The largest absolute Gasteiger partial charge is 0.497 e. The van der Waals surface area contributed by atoms with Crippen LogP contribution in [0.5, 0.6) is 5.75 Å². The second-order valence-corrected chi connectivity index (χ2v) is 4.54. The number of nitrogens with one attached hydrogen (secondary N) is 1. The summed E-state index contributed by atoms with van der Waals surface area (Å²) in [6, 6.07) is 7.05. The zero-order chi connectivity index (χ0) is 14.3. The summed E-state index contributed by atoms with van der Waals surface area (Å²) < 4.78 is 5.06. The molecule has 0 aliphatic rings. The van der Waals surface area contributed by atoms with Gasteiger partial charge in [-0.3, -0.25) is 4.79 Å². The molecule has 0 aromatic heterocycles. The highest BCUT2D eigenvalue weighted by Gasteiger charge is 2.08. The Kier molecular flexibility index (Phi) is 5.86. The van der Waals surface area contributed by atoms with Crippen LogP contribution < -0.4 is 10.1 Å². The summed E-state index contributed by atoms with van der Waals surface area (Å²) in [6.07, 6.45) is 3.69. The molecule has 0 saturated carbocycles. The van der Waals surface area contributed by atoms with Crippen LogP contribution in [0.25, 0.3) is 0 Å². The number of benzene rings is 1. The fourth-order valence-corrected chi connectivity index (χ4v) is 1.63. The Bertz CT molecular complexity index is 458. The van der Waals surface area contributed by atoms with Crippen molar-refractivity contribution in [3.63, 3.8) is 0 Å². The Morgan fingerprint density at radius 2 is 2.00 bits per heavy atom. The topological polar surface area (TPSA) is 38.3 Å². The van der Waals surface area contributed by atoms with E-state index in [1.165, 1.54) is 0 Å². The molecule has 0 bridgehead atoms. The second-order valence-electron chi connectivity index (χ2n) is 4.54. The van der Waals surface area contributed by atoms with Gasteiger partial charge in [-0.1, -0.05) is 32.6 Å². The summed E-state index contributed by atoms with van der Waals surface area (Å²) in [5.74, 6) is 1.04. The third-order valence-electron chi connectivity index (χ3n) is 2.88. The molecular formula is C16H21NO2. The van der Waals surface area contributed by atoms with Gasteiger partial charge in [-0.25, -0.2) is 0 Å². The minimum absolute atomic E-state index is 0.0849. The molecule has 0 spiro atoms. The quantitative estimate of drug-likeness (QED) is 0.797. The van der Waals surface area contributed by atoms with Crippen molar-refractivity contribution in [2.24, 2.45) is 5.92 Å². The lowest BCUT2D eigenvalue weighted by molar-refractivity contribution is 0.0956. The van der Waals surface area contributed by atoms with Crippen LogP contribution in [-0.4, -0.2) is 19.6 Å². The average Bonchev–Trinajstić information content (AvgIpc) is 2.42. The van der Waals surface area contributed by atoms with E-state index < -0.39 is 0 Å². The molecule has 0 aliphatic carbocycles. The molecule has 1 rings (SSSR count). The van der Waals surface area contributed by atoms with E-state index in [0.717, 1.165) is 11.3 Å². The van der Waals surface area contributed by atoms with Crippen molar-refractivity contribution in [2.75, 3.05) is 13.7 Å². The SMILES string of the molecule is C=C/C=C(/CNC(=O)c1ccc(OC)cc1)C(C)C. The third kappa shape index (κ3) is 4.62. The lowest BCUT2D eigenvalue weighted by Crippen LogP contribution is -2.26. The number of hydrogen-bond donors (Lipinski definition) is 1. The van der Waals surface area contributed by atoms with Gasteiger partial charge in [-0.2, -0.15) is 0 Å². The Labute approximate surface area is 115 Å². The van der Waals surface area contributed by atoms with Gasteiger partial charge >= 0.3 is 0 Å². The number of allylic oxidation sites excluding steroid dienone is 2. The number of methoxy groups -OCH3 is 1. The van der Waals surface area contributed by atoms with Gasteiger partial charge < -0.3 is 10.1 Å². The molecular weight excluding hydrogens is 238 g/mol. The van der Waals surface area contributed by atoms with Crippen LogP contribution in [0, 0.1) is 5.92 Å². The van der Waals surface area contributed by atoms with Crippen molar-refractivity contribution in [2.45, 2.75) is 13.8 Å². The van der Waals surface area contributed by atoms with Crippen LogP contribution >= 0.6 is 0 Å². The van der Waals surface area contributed by atoms with Crippen molar-refractivity contribution in [3.8, 4) is 5.75 Å². The van der Waals surface area contributed by atoms with E-state index in [0.29, 0.717) is 18.0 Å². The third-order valence-corrected chi connectivity index (χ3v) is 2.88. The summed E-state index contributed by atoms with van der Waals surface area (Å²) in [6.45, 7) is 8.40. The first kappa shape index (κ1) is 15.0. The van der Waals surface area contributed by atoms with E-state index >= 15 is 0 Å². The molecule has 0 fully saturated rings. The Hall–Kier alpha value is -2.03. The minimum Gasteiger partial charge on any atom is -0.497 e. The molecule has 1 N–H and O–H groups in total. The summed E-state index contributed by atoms with van der Waals surface area (Å²) in [5.41, 5.74) is 1.78. The fourth-order valence-electron chi connectivity index (χ4n) is 1.63. The highest BCUT2D eigenvalue weighted by atomic mass is 16.5. The van der Waals surface area contributed by atoms with E-state index in [-0.39, 0.29) is 5.91 Å². The molecule has 1 aromatic rings. The maximum Gasteiger partial charge on any atom is 0.251 e. The van der Waals surface area contributed by atoms with Gasteiger partial charge in [0.1, 0.15) is 5.75 Å². The first-order chi connectivity index (χ1) is 9.08. The van der Waals surface area contributed by atoms with Crippen molar-refractivity contribution >= 4 is 5.91 Å². The first-order valence-corrected chi connectivity index (χ1v) is 6.32. The van der Waals surface area contributed by atoms with Crippen LogP contribution in [0.4, 0.5) is 0 Å². The van der Waals surface area contributed by atoms with Crippen molar-refractivity contribution in [1.29, 1.82) is 0 Å². The monoisotopic (exact) mass is 259 g/mol. The van der Waals surface area contributed by atoms with E-state index in [1.807, 2.05) is 6.08 Å². The van der Waals surface area contributed by atoms with Crippen molar-refractivity contribution < 1.29 is 9.53 Å². The number of amides is 1. The van der Waals surface area contributed by atoms with Gasteiger partial charge in [0.2, 0.25) is 0 Å². The number of hydrogen-bond acceptors (Lipinski definition) is 2. The van der Waals surface area contributed by atoms with Gasteiger partial charge in [0, 0.05) is 12.1 Å². The molecule has 0 heterocycles. The van der Waals surface area contributed by atoms with E-state index in [9.17, 15) is 4.79 Å². The van der Waals surface area contributed by atoms with Gasteiger partial charge in [0.15, 0.2) is 0 Å². The van der Waals surface area contributed by atoms with Crippen molar-refractivity contribution in [3.05, 3.63) is 54.1 Å². The Balaban J connectivity index is 2.63.